The van der Waals surface area contributed by atoms with E-state index in [0.29, 0.717) is 0 Å². The first-order valence-corrected chi connectivity index (χ1v) is 6.92. The van der Waals surface area contributed by atoms with E-state index in [1.807, 2.05) is 36.4 Å². The van der Waals surface area contributed by atoms with Crippen LogP contribution in [0.1, 0.15) is 17.2 Å². The van der Waals surface area contributed by atoms with Crippen LogP contribution < -0.4 is 9.64 Å². The van der Waals surface area contributed by atoms with Crippen LogP contribution in [-0.2, 0) is 0 Å². The van der Waals surface area contributed by atoms with Crippen LogP contribution in [0.5, 0.6) is 5.75 Å². The van der Waals surface area contributed by atoms with Crippen molar-refractivity contribution in [2.75, 3.05) is 19.1 Å². The minimum absolute atomic E-state index is 0.142. The van der Waals surface area contributed by atoms with Crippen LogP contribution in [0.25, 0.3) is 5.03 Å². The highest BCUT2D eigenvalue weighted by Gasteiger charge is 2.24. The first-order valence-electron chi connectivity index (χ1n) is 6.54. The van der Waals surface area contributed by atoms with Crippen LogP contribution >= 0.6 is 11.6 Å². The first-order chi connectivity index (χ1) is 9.70. The molecular weight excluding hydrogens is 270 g/mol. The number of benzene rings is 2. The molecule has 0 N–H and O–H groups in total. The monoisotopic (exact) mass is 285 g/mol. The zero-order valence-corrected chi connectivity index (χ0v) is 12.3. The molecule has 3 heteroatoms. The molecule has 1 atom stereocenters. The van der Waals surface area contributed by atoms with Crippen molar-refractivity contribution in [3.05, 3.63) is 65.7 Å². The summed E-state index contributed by atoms with van der Waals surface area (Å²) in [6, 6.07) is 16.5. The van der Waals surface area contributed by atoms with Crippen LogP contribution in [0.4, 0.5) is 5.69 Å². The maximum Gasteiger partial charge on any atom is 0.120 e. The van der Waals surface area contributed by atoms with Gasteiger partial charge in [0.05, 0.1) is 13.2 Å². The molecule has 0 bridgehead atoms. The summed E-state index contributed by atoms with van der Waals surface area (Å²) < 4.78 is 5.32. The molecule has 0 aromatic heterocycles. The summed E-state index contributed by atoms with van der Waals surface area (Å²) in [5.41, 5.74) is 3.36. The Kier molecular flexibility index (Phi) is 3.41. The standard InChI is InChI=1S/C17H16ClNO/c1-19-16(12-6-4-3-5-7-12)11-15(18)14-9-8-13(20-2)10-17(14)19/h3-11,16H,1-2H3. The number of rotatable bonds is 2. The number of halogens is 1. The molecule has 0 fully saturated rings. The third kappa shape index (κ3) is 2.16. The van der Waals surface area contributed by atoms with E-state index in [9.17, 15) is 0 Å². The topological polar surface area (TPSA) is 12.5 Å². The van der Waals surface area contributed by atoms with E-state index in [1.165, 1.54) is 5.56 Å². The van der Waals surface area contributed by atoms with Gasteiger partial charge in [-0.2, -0.15) is 0 Å². The molecule has 1 aliphatic rings. The molecule has 0 saturated carbocycles. The summed E-state index contributed by atoms with van der Waals surface area (Å²) in [5, 5.41) is 0.787. The van der Waals surface area contributed by atoms with E-state index < -0.39 is 0 Å². The SMILES string of the molecule is COc1ccc2c(c1)N(C)C(c1ccccc1)C=C2Cl. The molecule has 2 aromatic carbocycles. The van der Waals surface area contributed by atoms with Gasteiger partial charge in [-0.15, -0.1) is 0 Å². The van der Waals surface area contributed by atoms with Crippen molar-refractivity contribution < 1.29 is 4.74 Å². The van der Waals surface area contributed by atoms with E-state index in [-0.39, 0.29) is 6.04 Å². The van der Waals surface area contributed by atoms with Crippen LogP contribution in [0.15, 0.2) is 54.6 Å². The van der Waals surface area contributed by atoms with Crippen molar-refractivity contribution in [3.63, 3.8) is 0 Å². The van der Waals surface area contributed by atoms with Crippen LogP contribution in [0, 0.1) is 0 Å². The molecule has 2 aromatic rings. The fourth-order valence-electron chi connectivity index (χ4n) is 2.59. The Hall–Kier alpha value is -1.93. The number of hydrogen-bond acceptors (Lipinski definition) is 2. The smallest absolute Gasteiger partial charge is 0.120 e. The Bertz CT molecular complexity index is 651. The lowest BCUT2D eigenvalue weighted by Gasteiger charge is -2.34. The van der Waals surface area contributed by atoms with E-state index in [0.717, 1.165) is 22.0 Å². The first kappa shape index (κ1) is 13.1. The fourth-order valence-corrected chi connectivity index (χ4v) is 2.87. The summed E-state index contributed by atoms with van der Waals surface area (Å²) >= 11 is 6.45. The number of methoxy groups -OCH3 is 1. The van der Waals surface area contributed by atoms with Gasteiger partial charge in [-0.05, 0) is 23.8 Å². The molecule has 1 unspecified atom stereocenters. The minimum atomic E-state index is 0.142. The van der Waals surface area contributed by atoms with Crippen LogP contribution in [0.2, 0.25) is 0 Å². The summed E-state index contributed by atoms with van der Waals surface area (Å²) in [6.07, 6.45) is 2.09. The van der Waals surface area contributed by atoms with Crippen molar-refractivity contribution in [2.24, 2.45) is 0 Å². The zero-order chi connectivity index (χ0) is 14.1. The lowest BCUT2D eigenvalue weighted by atomic mass is 9.97. The van der Waals surface area contributed by atoms with Crippen LogP contribution in [0.3, 0.4) is 0 Å². The second-order valence-corrected chi connectivity index (χ2v) is 5.27. The summed E-state index contributed by atoms with van der Waals surface area (Å²) in [7, 11) is 3.76. The zero-order valence-electron chi connectivity index (χ0n) is 11.5. The lowest BCUT2D eigenvalue weighted by Crippen LogP contribution is -2.26. The van der Waals surface area contributed by atoms with Gasteiger partial charge < -0.3 is 9.64 Å². The van der Waals surface area contributed by atoms with E-state index in [2.05, 4.69) is 30.2 Å². The predicted molar refractivity (Wildman–Crippen MR) is 84.4 cm³/mol. The second-order valence-electron chi connectivity index (χ2n) is 4.86. The van der Waals surface area contributed by atoms with Crippen LogP contribution in [-0.4, -0.2) is 14.2 Å². The third-order valence-corrected chi connectivity index (χ3v) is 4.03. The summed E-state index contributed by atoms with van der Waals surface area (Å²) in [4.78, 5) is 2.22. The molecule has 0 saturated heterocycles. The van der Waals surface area contributed by atoms with Crippen molar-refractivity contribution >= 4 is 22.3 Å². The molecule has 0 radical (unpaired) electrons. The average Bonchev–Trinajstić information content (AvgIpc) is 2.51. The van der Waals surface area contributed by atoms with Gasteiger partial charge in [-0.1, -0.05) is 41.9 Å². The number of anilines is 1. The summed E-state index contributed by atoms with van der Waals surface area (Å²) in [6.45, 7) is 0. The van der Waals surface area contributed by atoms with Gasteiger partial charge in [0.15, 0.2) is 0 Å². The maximum atomic E-state index is 6.45. The molecule has 1 heterocycles. The number of likely N-dealkylation sites (N-methyl/N-ethyl adjacent to an activating group) is 1. The Morgan fingerprint density at radius 2 is 1.85 bits per heavy atom. The predicted octanol–water partition coefficient (Wildman–Crippen LogP) is 4.47. The number of nitrogens with zero attached hydrogens (tertiary/aromatic N) is 1. The van der Waals surface area contributed by atoms with Gasteiger partial charge in [0.2, 0.25) is 0 Å². The molecule has 3 rings (SSSR count). The summed E-state index contributed by atoms with van der Waals surface area (Å²) in [5.74, 6) is 0.841. The van der Waals surface area contributed by atoms with E-state index >= 15 is 0 Å². The molecule has 2 nitrogen and oxygen atoms in total. The maximum absolute atomic E-state index is 6.45. The molecule has 0 aliphatic carbocycles. The largest absolute Gasteiger partial charge is 0.497 e. The van der Waals surface area contributed by atoms with Gasteiger partial charge in [-0.25, -0.2) is 0 Å². The Labute approximate surface area is 124 Å². The fraction of sp³-hybridized carbons (Fsp3) is 0.176. The normalized spacial score (nSPS) is 17.4. The molecular formula is C17H16ClNO. The molecule has 102 valence electrons. The van der Waals surface area contributed by atoms with Crippen molar-refractivity contribution in [2.45, 2.75) is 6.04 Å². The highest BCUT2D eigenvalue weighted by atomic mass is 35.5. The van der Waals surface area contributed by atoms with E-state index in [1.54, 1.807) is 7.11 Å². The van der Waals surface area contributed by atoms with Gasteiger partial charge in [0.25, 0.3) is 0 Å². The second kappa shape index (κ2) is 5.22. The van der Waals surface area contributed by atoms with Gasteiger partial charge in [-0.3, -0.25) is 0 Å². The van der Waals surface area contributed by atoms with Crippen molar-refractivity contribution in [3.8, 4) is 5.75 Å². The minimum Gasteiger partial charge on any atom is -0.497 e. The molecule has 1 aliphatic heterocycles. The quantitative estimate of drug-likeness (QED) is 0.807. The van der Waals surface area contributed by atoms with Gasteiger partial charge in [0.1, 0.15) is 5.75 Å². The van der Waals surface area contributed by atoms with Crippen molar-refractivity contribution in [1.82, 2.24) is 0 Å². The van der Waals surface area contributed by atoms with Gasteiger partial charge >= 0.3 is 0 Å². The molecule has 0 spiro atoms. The molecule has 20 heavy (non-hydrogen) atoms. The average molecular weight is 286 g/mol. The Balaban J connectivity index is 2.08. The van der Waals surface area contributed by atoms with Crippen molar-refractivity contribution in [1.29, 1.82) is 0 Å². The third-order valence-electron chi connectivity index (χ3n) is 3.70. The number of fused-ring (bicyclic) bond motifs is 1. The lowest BCUT2D eigenvalue weighted by molar-refractivity contribution is 0.414. The van der Waals surface area contributed by atoms with Gasteiger partial charge in [0, 0.05) is 29.4 Å². The Morgan fingerprint density at radius 1 is 1.10 bits per heavy atom. The van der Waals surface area contributed by atoms with E-state index in [4.69, 9.17) is 16.3 Å². The number of hydrogen-bond donors (Lipinski definition) is 0. The number of ether oxygens (including phenoxy) is 1. The highest BCUT2D eigenvalue weighted by molar-refractivity contribution is 6.49. The Morgan fingerprint density at radius 3 is 2.55 bits per heavy atom. The molecule has 0 amide bonds. The highest BCUT2D eigenvalue weighted by Crippen LogP contribution is 2.42.